The van der Waals surface area contributed by atoms with Crippen LogP contribution in [0.15, 0.2) is 41.8 Å². The van der Waals surface area contributed by atoms with Crippen LogP contribution in [0, 0.1) is 0 Å². The molecule has 0 aromatic heterocycles. The van der Waals surface area contributed by atoms with E-state index < -0.39 is 10.1 Å². The second-order valence-electron chi connectivity index (χ2n) is 4.36. The van der Waals surface area contributed by atoms with Crippen LogP contribution in [0.4, 0.5) is 0 Å². The molecule has 19 heavy (non-hydrogen) atoms. The average molecular weight is 290 g/mol. The maximum absolute atomic E-state index is 11.3. The molecule has 0 saturated carbocycles. The summed E-state index contributed by atoms with van der Waals surface area (Å²) in [5.41, 5.74) is 0.626. The first kappa shape index (κ1) is 18.9. The summed E-state index contributed by atoms with van der Waals surface area (Å²) >= 11 is 0. The fourth-order valence-electron chi connectivity index (χ4n) is 2.10. The maximum Gasteiger partial charge on any atom is 1.00 e. The molecule has 100 valence electrons. The van der Waals surface area contributed by atoms with Gasteiger partial charge >= 0.3 is 29.6 Å². The minimum Gasteiger partial charge on any atom is -0.744 e. The Kier molecular flexibility index (Phi) is 8.86. The van der Waals surface area contributed by atoms with E-state index in [9.17, 15) is 13.0 Å². The van der Waals surface area contributed by atoms with E-state index in [1.54, 1.807) is 24.3 Å². The third-order valence-corrected chi connectivity index (χ3v) is 3.90. The van der Waals surface area contributed by atoms with Crippen molar-refractivity contribution in [1.82, 2.24) is 0 Å². The van der Waals surface area contributed by atoms with Gasteiger partial charge in [-0.1, -0.05) is 44.0 Å². The van der Waals surface area contributed by atoms with Gasteiger partial charge in [-0.25, -0.2) is 8.42 Å². The first-order chi connectivity index (χ1) is 8.50. The number of hydrogen-bond donors (Lipinski definition) is 0. The molecule has 3 nitrogen and oxygen atoms in total. The summed E-state index contributed by atoms with van der Waals surface area (Å²) in [4.78, 5) is -0.0899. The smallest absolute Gasteiger partial charge is 0.744 e. The van der Waals surface area contributed by atoms with Crippen molar-refractivity contribution in [2.75, 3.05) is 0 Å². The van der Waals surface area contributed by atoms with Crippen LogP contribution in [0.25, 0.3) is 0 Å². The zero-order valence-corrected chi connectivity index (χ0v) is 14.4. The van der Waals surface area contributed by atoms with E-state index in [0.717, 1.165) is 19.3 Å². The van der Waals surface area contributed by atoms with E-state index >= 15 is 0 Å². The molecule has 1 atom stereocenters. The number of benzene rings is 1. The van der Waals surface area contributed by atoms with Crippen LogP contribution in [0.3, 0.4) is 0 Å². The Balaban J connectivity index is 0.00000324. The number of rotatable bonds is 7. The Labute approximate surface area is 138 Å². The molecule has 1 unspecified atom stereocenters. The van der Waals surface area contributed by atoms with E-state index in [0.29, 0.717) is 12.0 Å². The van der Waals surface area contributed by atoms with Gasteiger partial charge in [0.1, 0.15) is 10.1 Å². The van der Waals surface area contributed by atoms with Crippen molar-refractivity contribution >= 4 is 10.1 Å². The number of allylic oxidation sites excluding steroid dienone is 1. The molecule has 0 aliphatic carbocycles. The van der Waals surface area contributed by atoms with Crippen molar-refractivity contribution in [1.29, 1.82) is 0 Å². The zero-order valence-electron chi connectivity index (χ0n) is 11.6. The molecule has 0 heterocycles. The predicted molar refractivity (Wildman–Crippen MR) is 71.5 cm³/mol. The monoisotopic (exact) mass is 290 g/mol. The Morgan fingerprint density at radius 3 is 2.53 bits per heavy atom. The zero-order chi connectivity index (χ0) is 13.6. The summed E-state index contributed by atoms with van der Waals surface area (Å²) < 4.78 is 33.8. The molecule has 0 amide bonds. The van der Waals surface area contributed by atoms with Gasteiger partial charge in [0, 0.05) is 0 Å². The van der Waals surface area contributed by atoms with E-state index in [2.05, 4.69) is 13.5 Å². The molecule has 0 N–H and O–H groups in total. The second kappa shape index (κ2) is 8.93. The van der Waals surface area contributed by atoms with Gasteiger partial charge in [-0.05, 0) is 30.4 Å². The summed E-state index contributed by atoms with van der Waals surface area (Å²) in [7, 11) is -4.41. The number of hydrogen-bond acceptors (Lipinski definition) is 3. The minimum atomic E-state index is -4.41. The molecule has 5 heteroatoms. The van der Waals surface area contributed by atoms with Gasteiger partial charge in [-0.3, -0.25) is 0 Å². The standard InChI is InChI=1S/C14H20O3S.Na/c1-3-5-9-12(8-4-2)13-10-6-7-11-14(13)18(15,16)17;/h4,6-7,10-12H,2-3,5,8-9H2,1H3,(H,15,16,17);/q;+1/p-1. The summed E-state index contributed by atoms with van der Waals surface area (Å²) in [6.45, 7) is 5.78. The van der Waals surface area contributed by atoms with Gasteiger partial charge < -0.3 is 4.55 Å². The molecular weight excluding hydrogens is 271 g/mol. The average Bonchev–Trinajstić information content (AvgIpc) is 2.33. The summed E-state index contributed by atoms with van der Waals surface area (Å²) in [6, 6.07) is 6.47. The minimum absolute atomic E-state index is 0. The van der Waals surface area contributed by atoms with Crippen LogP contribution in [-0.2, 0) is 10.1 Å². The molecular formula is C14H19NaO3S. The van der Waals surface area contributed by atoms with Gasteiger partial charge in [0.15, 0.2) is 0 Å². The summed E-state index contributed by atoms with van der Waals surface area (Å²) in [5, 5.41) is 0. The fraction of sp³-hybridized carbons (Fsp3) is 0.429. The van der Waals surface area contributed by atoms with Gasteiger partial charge in [-0.15, -0.1) is 6.58 Å². The van der Waals surface area contributed by atoms with Crippen molar-refractivity contribution in [3.8, 4) is 0 Å². The predicted octanol–water partition coefficient (Wildman–Crippen LogP) is 0.445. The number of unbranched alkanes of at least 4 members (excludes halogenated alkanes) is 1. The molecule has 0 aliphatic heterocycles. The van der Waals surface area contributed by atoms with Gasteiger partial charge in [0.2, 0.25) is 0 Å². The van der Waals surface area contributed by atoms with Crippen molar-refractivity contribution in [3.63, 3.8) is 0 Å². The maximum atomic E-state index is 11.3. The summed E-state index contributed by atoms with van der Waals surface area (Å²) in [5.74, 6) is 0.0578. The fourth-order valence-corrected chi connectivity index (χ4v) is 2.87. The summed E-state index contributed by atoms with van der Waals surface area (Å²) in [6.07, 6.45) is 5.38. The van der Waals surface area contributed by atoms with Crippen LogP contribution in [-0.4, -0.2) is 13.0 Å². The van der Waals surface area contributed by atoms with Crippen molar-refractivity contribution in [3.05, 3.63) is 42.5 Å². The van der Waals surface area contributed by atoms with E-state index in [1.165, 1.54) is 6.07 Å². The Morgan fingerprint density at radius 2 is 2.00 bits per heavy atom. The van der Waals surface area contributed by atoms with Crippen molar-refractivity contribution < 1.29 is 42.5 Å². The van der Waals surface area contributed by atoms with E-state index in [4.69, 9.17) is 0 Å². The molecule has 0 saturated heterocycles. The topological polar surface area (TPSA) is 57.2 Å². The molecule has 0 radical (unpaired) electrons. The molecule has 0 spiro atoms. The molecule has 0 aliphatic rings. The third kappa shape index (κ3) is 5.79. The van der Waals surface area contributed by atoms with E-state index in [1.807, 2.05) is 0 Å². The van der Waals surface area contributed by atoms with Gasteiger partial charge in [-0.2, -0.15) is 0 Å². The van der Waals surface area contributed by atoms with Gasteiger partial charge in [0.05, 0.1) is 4.90 Å². The molecule has 0 bridgehead atoms. The van der Waals surface area contributed by atoms with Gasteiger partial charge in [0.25, 0.3) is 0 Å². The first-order valence-electron chi connectivity index (χ1n) is 6.16. The van der Waals surface area contributed by atoms with Crippen LogP contribution < -0.4 is 29.6 Å². The molecule has 1 rings (SSSR count). The normalized spacial score (nSPS) is 12.5. The quantitative estimate of drug-likeness (QED) is 0.416. The molecule has 1 aromatic rings. The SMILES string of the molecule is C=CCC(CCCC)c1ccccc1S(=O)(=O)[O-].[Na+]. The van der Waals surface area contributed by atoms with Crippen molar-refractivity contribution in [2.24, 2.45) is 0 Å². The Bertz CT molecular complexity index is 497. The second-order valence-corrected chi connectivity index (χ2v) is 5.70. The molecule has 0 fully saturated rings. The van der Waals surface area contributed by atoms with Crippen LogP contribution in [0.5, 0.6) is 0 Å². The van der Waals surface area contributed by atoms with Crippen LogP contribution in [0.2, 0.25) is 0 Å². The van der Waals surface area contributed by atoms with Crippen LogP contribution in [0.1, 0.15) is 44.1 Å². The van der Waals surface area contributed by atoms with E-state index in [-0.39, 0.29) is 40.4 Å². The third-order valence-electron chi connectivity index (χ3n) is 2.99. The van der Waals surface area contributed by atoms with Crippen molar-refractivity contribution in [2.45, 2.75) is 43.4 Å². The molecule has 1 aromatic carbocycles. The Hall–Kier alpha value is -0.130. The van der Waals surface area contributed by atoms with Crippen LogP contribution >= 0.6 is 0 Å². The Morgan fingerprint density at radius 1 is 1.37 bits per heavy atom. The first-order valence-corrected chi connectivity index (χ1v) is 7.57. The largest absolute Gasteiger partial charge is 1.00 e.